The summed E-state index contributed by atoms with van der Waals surface area (Å²) in [6.07, 6.45) is 0. The van der Waals surface area contributed by atoms with Gasteiger partial charge in [0.1, 0.15) is 0 Å². The van der Waals surface area contributed by atoms with E-state index in [2.05, 4.69) is 23.6 Å². The minimum atomic E-state index is 0.378. The van der Waals surface area contributed by atoms with E-state index in [4.69, 9.17) is 4.74 Å². The lowest BCUT2D eigenvalue weighted by Crippen LogP contribution is -2.71. The monoisotopic (exact) mass is 214 g/mol. The molecule has 3 heteroatoms. The fourth-order valence-corrected chi connectivity index (χ4v) is 2.47. The van der Waals surface area contributed by atoms with Crippen molar-refractivity contribution in [3.63, 3.8) is 0 Å². The molecule has 90 valence electrons. The summed E-state index contributed by atoms with van der Waals surface area (Å²) in [7, 11) is 0. The molecule has 2 saturated heterocycles. The van der Waals surface area contributed by atoms with Crippen molar-refractivity contribution in [2.45, 2.75) is 33.2 Å². The average molecular weight is 214 g/mol. The summed E-state index contributed by atoms with van der Waals surface area (Å²) in [6.45, 7) is 16.4. The third-order valence-electron chi connectivity index (χ3n) is 3.45. The number of likely N-dealkylation sites (N-methyl/N-ethyl adjacent to an activating group) is 2. The van der Waals surface area contributed by atoms with Crippen molar-refractivity contribution in [3.05, 3.63) is 0 Å². The largest absolute Gasteiger partial charge is 0.377 e. The molecule has 2 aliphatic rings. The Kier molecular flexibility index (Phi) is 5.03. The first-order chi connectivity index (χ1) is 7.30. The quantitative estimate of drug-likeness (QED) is 0.692. The first-order valence-corrected chi connectivity index (χ1v) is 6.36. The first-order valence-electron chi connectivity index (χ1n) is 6.36. The number of nitrogens with zero attached hydrogens (tertiary/aromatic N) is 2. The number of piperazine rings is 1. The summed E-state index contributed by atoms with van der Waals surface area (Å²) in [5.41, 5.74) is 0.378. The Morgan fingerprint density at radius 1 is 1.07 bits per heavy atom. The van der Waals surface area contributed by atoms with Gasteiger partial charge in [0.25, 0.3) is 0 Å². The molecule has 2 rings (SSSR count). The van der Waals surface area contributed by atoms with Gasteiger partial charge in [0.05, 0.1) is 18.8 Å². The van der Waals surface area contributed by atoms with Crippen LogP contribution in [0.25, 0.3) is 0 Å². The van der Waals surface area contributed by atoms with Crippen LogP contribution in [-0.2, 0) is 4.74 Å². The van der Waals surface area contributed by atoms with Gasteiger partial charge in [-0.15, -0.1) is 0 Å². The molecule has 1 spiro atoms. The minimum Gasteiger partial charge on any atom is -0.377 e. The second-order valence-corrected chi connectivity index (χ2v) is 4.17. The lowest BCUT2D eigenvalue weighted by Gasteiger charge is -2.55. The van der Waals surface area contributed by atoms with E-state index in [0.717, 1.165) is 13.2 Å². The molecule has 0 radical (unpaired) electrons. The fraction of sp³-hybridized carbons (Fsp3) is 1.00. The van der Waals surface area contributed by atoms with E-state index >= 15 is 0 Å². The number of hydrogen-bond acceptors (Lipinski definition) is 3. The van der Waals surface area contributed by atoms with E-state index in [0.29, 0.717) is 5.54 Å². The lowest BCUT2D eigenvalue weighted by molar-refractivity contribution is -0.167. The van der Waals surface area contributed by atoms with Gasteiger partial charge in [-0.05, 0) is 13.1 Å². The van der Waals surface area contributed by atoms with E-state index < -0.39 is 0 Å². The number of ether oxygens (including phenoxy) is 1. The molecule has 0 unspecified atom stereocenters. The lowest BCUT2D eigenvalue weighted by atomic mass is 9.91. The molecule has 0 atom stereocenters. The van der Waals surface area contributed by atoms with Crippen LogP contribution in [0.15, 0.2) is 0 Å². The normalized spacial score (nSPS) is 25.6. The fourth-order valence-electron chi connectivity index (χ4n) is 2.47. The highest BCUT2D eigenvalue weighted by Crippen LogP contribution is 2.28. The van der Waals surface area contributed by atoms with Crippen LogP contribution in [0.2, 0.25) is 0 Å². The molecule has 0 amide bonds. The predicted molar refractivity (Wildman–Crippen MR) is 64.3 cm³/mol. The molecule has 0 bridgehead atoms. The standard InChI is InChI=1S/C10H20N2O.C2H6/c1-3-11-5-6-12(4-2)10(7-11)8-13-9-10;1-2/h3-9H2,1-2H3;1-2H3. The highest BCUT2D eigenvalue weighted by molar-refractivity contribution is 5.01. The van der Waals surface area contributed by atoms with Gasteiger partial charge in [0.2, 0.25) is 0 Å². The zero-order chi connectivity index (χ0) is 11.3. The Hall–Kier alpha value is -0.120. The van der Waals surface area contributed by atoms with Crippen LogP contribution in [-0.4, -0.2) is 61.3 Å². The summed E-state index contributed by atoms with van der Waals surface area (Å²) in [5, 5.41) is 0. The second kappa shape index (κ2) is 5.83. The molecule has 2 aliphatic heterocycles. The molecule has 3 nitrogen and oxygen atoms in total. The zero-order valence-electron chi connectivity index (χ0n) is 10.8. The molecule has 0 aromatic heterocycles. The van der Waals surface area contributed by atoms with Crippen LogP contribution in [0.5, 0.6) is 0 Å². The van der Waals surface area contributed by atoms with Crippen molar-refractivity contribution < 1.29 is 4.74 Å². The van der Waals surface area contributed by atoms with Crippen LogP contribution in [0.4, 0.5) is 0 Å². The number of hydrogen-bond donors (Lipinski definition) is 0. The maximum atomic E-state index is 5.37. The Labute approximate surface area is 94.4 Å². The topological polar surface area (TPSA) is 15.7 Å². The summed E-state index contributed by atoms with van der Waals surface area (Å²) >= 11 is 0. The van der Waals surface area contributed by atoms with Gasteiger partial charge in [-0.1, -0.05) is 27.7 Å². The van der Waals surface area contributed by atoms with Crippen LogP contribution < -0.4 is 0 Å². The molecule has 0 aliphatic carbocycles. The molecule has 15 heavy (non-hydrogen) atoms. The SMILES string of the molecule is CC.CCN1CCN(CC)C2(COC2)C1. The van der Waals surface area contributed by atoms with E-state index in [-0.39, 0.29) is 0 Å². The first kappa shape index (κ1) is 12.9. The summed E-state index contributed by atoms with van der Waals surface area (Å²) in [4.78, 5) is 5.12. The van der Waals surface area contributed by atoms with Gasteiger partial charge in [0, 0.05) is 19.6 Å². The molecular weight excluding hydrogens is 188 g/mol. The second-order valence-electron chi connectivity index (χ2n) is 4.17. The van der Waals surface area contributed by atoms with Crippen LogP contribution in [0.3, 0.4) is 0 Å². The maximum absolute atomic E-state index is 5.37. The maximum Gasteiger partial charge on any atom is 0.0807 e. The Morgan fingerprint density at radius 2 is 1.73 bits per heavy atom. The van der Waals surface area contributed by atoms with Gasteiger partial charge in [-0.3, -0.25) is 4.90 Å². The summed E-state index contributed by atoms with van der Waals surface area (Å²) < 4.78 is 5.37. The van der Waals surface area contributed by atoms with E-state index in [9.17, 15) is 0 Å². The van der Waals surface area contributed by atoms with Crippen molar-refractivity contribution in [2.75, 3.05) is 45.9 Å². The summed E-state index contributed by atoms with van der Waals surface area (Å²) in [6, 6.07) is 0. The van der Waals surface area contributed by atoms with Crippen molar-refractivity contribution >= 4 is 0 Å². The van der Waals surface area contributed by atoms with E-state index in [1.165, 1.54) is 32.7 Å². The van der Waals surface area contributed by atoms with Gasteiger partial charge in [-0.25, -0.2) is 0 Å². The Morgan fingerprint density at radius 3 is 2.13 bits per heavy atom. The smallest absolute Gasteiger partial charge is 0.0807 e. The van der Waals surface area contributed by atoms with Crippen molar-refractivity contribution in [3.8, 4) is 0 Å². The molecule has 0 saturated carbocycles. The molecule has 0 N–H and O–H groups in total. The predicted octanol–water partition coefficient (Wildman–Crippen LogP) is 1.44. The van der Waals surface area contributed by atoms with E-state index in [1.807, 2.05) is 13.8 Å². The highest BCUT2D eigenvalue weighted by Gasteiger charge is 2.46. The number of rotatable bonds is 2. The van der Waals surface area contributed by atoms with Gasteiger partial charge in [0.15, 0.2) is 0 Å². The Balaban J connectivity index is 0.000000531. The average Bonchev–Trinajstić information content (AvgIpc) is 2.28. The van der Waals surface area contributed by atoms with Crippen molar-refractivity contribution in [1.29, 1.82) is 0 Å². The summed E-state index contributed by atoms with van der Waals surface area (Å²) in [5.74, 6) is 0. The molecule has 2 fully saturated rings. The Bertz CT molecular complexity index is 180. The van der Waals surface area contributed by atoms with Crippen LogP contribution >= 0.6 is 0 Å². The molecule has 0 aromatic carbocycles. The van der Waals surface area contributed by atoms with Gasteiger partial charge in [-0.2, -0.15) is 0 Å². The van der Waals surface area contributed by atoms with Crippen molar-refractivity contribution in [2.24, 2.45) is 0 Å². The van der Waals surface area contributed by atoms with Crippen LogP contribution in [0.1, 0.15) is 27.7 Å². The molecular formula is C12H26N2O. The van der Waals surface area contributed by atoms with E-state index in [1.54, 1.807) is 0 Å². The molecule has 0 aromatic rings. The zero-order valence-corrected chi connectivity index (χ0v) is 10.8. The van der Waals surface area contributed by atoms with Crippen molar-refractivity contribution in [1.82, 2.24) is 9.80 Å². The van der Waals surface area contributed by atoms with Gasteiger partial charge < -0.3 is 9.64 Å². The highest BCUT2D eigenvalue weighted by atomic mass is 16.5. The third kappa shape index (κ3) is 2.52. The van der Waals surface area contributed by atoms with Gasteiger partial charge >= 0.3 is 0 Å². The molecule has 2 heterocycles. The third-order valence-corrected chi connectivity index (χ3v) is 3.45. The van der Waals surface area contributed by atoms with Crippen LogP contribution in [0, 0.1) is 0 Å². The minimum absolute atomic E-state index is 0.378.